The van der Waals surface area contributed by atoms with Gasteiger partial charge in [-0.15, -0.1) is 0 Å². The molecule has 15 heavy (non-hydrogen) atoms. The lowest BCUT2D eigenvalue weighted by atomic mass is 10.1. The van der Waals surface area contributed by atoms with E-state index in [4.69, 9.17) is 10.8 Å². The van der Waals surface area contributed by atoms with Gasteiger partial charge in [0.05, 0.1) is 11.9 Å². The molecule has 0 aliphatic carbocycles. The molecule has 1 aromatic heterocycles. The summed E-state index contributed by atoms with van der Waals surface area (Å²) in [5.74, 6) is -0.0297. The van der Waals surface area contributed by atoms with Crippen molar-refractivity contribution in [1.29, 1.82) is 0 Å². The Hall–Kier alpha value is -1.56. The Morgan fingerprint density at radius 2 is 2.53 bits per heavy atom. The fraction of sp³-hybridized carbons (Fsp3) is 0.556. The molecular formula is C9H16N4O2. The molecular weight excluding hydrogens is 196 g/mol. The van der Waals surface area contributed by atoms with Crippen molar-refractivity contribution in [2.75, 3.05) is 18.9 Å². The molecule has 5 N–H and O–H groups in total. The summed E-state index contributed by atoms with van der Waals surface area (Å²) in [6.45, 7) is 2.59. The number of nitrogens with one attached hydrogen (secondary N) is 2. The third kappa shape index (κ3) is 3.25. The summed E-state index contributed by atoms with van der Waals surface area (Å²) < 4.78 is 0. The Bertz CT molecular complexity index is 324. The van der Waals surface area contributed by atoms with Gasteiger partial charge in [0.25, 0.3) is 5.91 Å². The molecule has 0 bridgehead atoms. The smallest absolute Gasteiger partial charge is 0.271 e. The maximum atomic E-state index is 11.5. The van der Waals surface area contributed by atoms with E-state index in [-0.39, 0.29) is 24.1 Å². The van der Waals surface area contributed by atoms with Crippen LogP contribution in [-0.4, -0.2) is 34.4 Å². The first kappa shape index (κ1) is 11.5. The molecule has 1 aromatic rings. The summed E-state index contributed by atoms with van der Waals surface area (Å²) in [6, 6.07) is 0. The minimum Gasteiger partial charge on any atom is -0.396 e. The van der Waals surface area contributed by atoms with Crippen LogP contribution in [0.25, 0.3) is 0 Å². The molecule has 0 saturated carbocycles. The van der Waals surface area contributed by atoms with Gasteiger partial charge in [-0.2, -0.15) is 5.10 Å². The number of carbonyl (C=O) groups excluding carboxylic acids is 1. The second-order valence-electron chi connectivity index (χ2n) is 3.53. The molecule has 6 heteroatoms. The first-order chi connectivity index (χ1) is 7.15. The molecule has 1 unspecified atom stereocenters. The van der Waals surface area contributed by atoms with Crippen LogP contribution in [0.5, 0.6) is 0 Å². The van der Waals surface area contributed by atoms with Crippen molar-refractivity contribution in [1.82, 2.24) is 15.5 Å². The van der Waals surface area contributed by atoms with Gasteiger partial charge in [0.2, 0.25) is 0 Å². The van der Waals surface area contributed by atoms with Crippen LogP contribution in [0.3, 0.4) is 0 Å². The molecule has 0 fully saturated rings. The zero-order valence-corrected chi connectivity index (χ0v) is 8.66. The topological polar surface area (TPSA) is 104 Å². The van der Waals surface area contributed by atoms with E-state index in [2.05, 4.69) is 15.5 Å². The number of aromatic nitrogens is 2. The number of nitrogens with two attached hydrogens (primary N) is 1. The van der Waals surface area contributed by atoms with E-state index >= 15 is 0 Å². The third-order valence-electron chi connectivity index (χ3n) is 2.13. The van der Waals surface area contributed by atoms with Crippen LogP contribution >= 0.6 is 0 Å². The summed E-state index contributed by atoms with van der Waals surface area (Å²) in [7, 11) is 0. The number of aliphatic hydroxyl groups excluding tert-OH is 1. The van der Waals surface area contributed by atoms with E-state index in [9.17, 15) is 4.79 Å². The average Bonchev–Trinajstić information content (AvgIpc) is 2.61. The maximum absolute atomic E-state index is 11.5. The number of rotatable bonds is 5. The van der Waals surface area contributed by atoms with Crippen LogP contribution in [0.4, 0.5) is 5.69 Å². The molecule has 0 spiro atoms. The van der Waals surface area contributed by atoms with Gasteiger partial charge in [-0.1, -0.05) is 6.92 Å². The van der Waals surface area contributed by atoms with Crippen molar-refractivity contribution in [3.8, 4) is 0 Å². The lowest BCUT2D eigenvalue weighted by Gasteiger charge is -2.10. The summed E-state index contributed by atoms with van der Waals surface area (Å²) in [5, 5.41) is 17.6. The summed E-state index contributed by atoms with van der Waals surface area (Å²) >= 11 is 0. The monoisotopic (exact) mass is 212 g/mol. The predicted octanol–water partition coefficient (Wildman–Crippen LogP) is -0.260. The Kier molecular flexibility index (Phi) is 4.11. The maximum Gasteiger partial charge on any atom is 0.271 e. The van der Waals surface area contributed by atoms with Gasteiger partial charge in [0.15, 0.2) is 0 Å². The number of nitrogens with zero attached hydrogens (tertiary/aromatic N) is 1. The molecule has 84 valence electrons. The van der Waals surface area contributed by atoms with Gasteiger partial charge in [0.1, 0.15) is 5.69 Å². The molecule has 0 aromatic carbocycles. The van der Waals surface area contributed by atoms with E-state index < -0.39 is 0 Å². The summed E-state index contributed by atoms with van der Waals surface area (Å²) in [6.07, 6.45) is 2.06. The zero-order chi connectivity index (χ0) is 11.3. The third-order valence-corrected chi connectivity index (χ3v) is 2.13. The molecule has 0 aliphatic rings. The van der Waals surface area contributed by atoms with Gasteiger partial charge in [-0.3, -0.25) is 9.89 Å². The molecule has 0 saturated heterocycles. The average molecular weight is 212 g/mol. The van der Waals surface area contributed by atoms with Crippen LogP contribution in [0.1, 0.15) is 23.8 Å². The summed E-state index contributed by atoms with van der Waals surface area (Å²) in [5.41, 5.74) is 6.13. The minimum atomic E-state index is -0.269. The van der Waals surface area contributed by atoms with E-state index in [0.29, 0.717) is 18.7 Å². The fourth-order valence-corrected chi connectivity index (χ4v) is 1.16. The van der Waals surface area contributed by atoms with Crippen LogP contribution < -0.4 is 11.1 Å². The van der Waals surface area contributed by atoms with Gasteiger partial charge in [0, 0.05) is 13.2 Å². The standard InChI is InChI=1S/C9H16N4O2/c1-6(2-3-14)4-11-9(15)8-7(10)5-12-13-8/h5-6,14H,2-4,10H2,1H3,(H,11,15)(H,12,13). The first-order valence-electron chi connectivity index (χ1n) is 4.83. The van der Waals surface area contributed by atoms with Gasteiger partial charge in [-0.05, 0) is 12.3 Å². The van der Waals surface area contributed by atoms with Crippen molar-refractivity contribution >= 4 is 11.6 Å². The number of aromatic amines is 1. The summed E-state index contributed by atoms with van der Waals surface area (Å²) in [4.78, 5) is 11.5. The Labute approximate surface area is 87.9 Å². The highest BCUT2D eigenvalue weighted by Crippen LogP contribution is 2.06. The highest BCUT2D eigenvalue weighted by Gasteiger charge is 2.12. The fourth-order valence-electron chi connectivity index (χ4n) is 1.16. The lowest BCUT2D eigenvalue weighted by molar-refractivity contribution is 0.0941. The predicted molar refractivity (Wildman–Crippen MR) is 56.2 cm³/mol. The molecule has 0 radical (unpaired) electrons. The highest BCUT2D eigenvalue weighted by molar-refractivity contribution is 5.96. The van der Waals surface area contributed by atoms with Crippen LogP contribution in [-0.2, 0) is 0 Å². The van der Waals surface area contributed by atoms with Gasteiger partial charge in [-0.25, -0.2) is 0 Å². The second kappa shape index (κ2) is 5.35. The molecule has 1 amide bonds. The van der Waals surface area contributed by atoms with Crippen molar-refractivity contribution in [3.05, 3.63) is 11.9 Å². The molecule has 6 nitrogen and oxygen atoms in total. The SMILES string of the molecule is CC(CCO)CNC(=O)c1[nH]ncc1N. The number of anilines is 1. The lowest BCUT2D eigenvalue weighted by Crippen LogP contribution is -2.29. The first-order valence-corrected chi connectivity index (χ1v) is 4.83. The number of carbonyl (C=O) groups is 1. The second-order valence-corrected chi connectivity index (χ2v) is 3.53. The van der Waals surface area contributed by atoms with Crippen LogP contribution in [0.15, 0.2) is 6.20 Å². The highest BCUT2D eigenvalue weighted by atomic mass is 16.3. The number of H-pyrrole nitrogens is 1. The number of amides is 1. The van der Waals surface area contributed by atoms with E-state index in [1.165, 1.54) is 6.20 Å². The van der Waals surface area contributed by atoms with Gasteiger partial charge < -0.3 is 16.2 Å². The minimum absolute atomic E-state index is 0.128. The van der Waals surface area contributed by atoms with Crippen LogP contribution in [0.2, 0.25) is 0 Å². The van der Waals surface area contributed by atoms with E-state index in [1.807, 2.05) is 6.92 Å². The van der Waals surface area contributed by atoms with Crippen molar-refractivity contribution in [3.63, 3.8) is 0 Å². The largest absolute Gasteiger partial charge is 0.396 e. The number of nitrogen functional groups attached to an aromatic ring is 1. The number of hydrogen-bond acceptors (Lipinski definition) is 4. The quantitative estimate of drug-likeness (QED) is 0.539. The Balaban J connectivity index is 2.40. The zero-order valence-electron chi connectivity index (χ0n) is 8.66. The number of hydrogen-bond donors (Lipinski definition) is 4. The van der Waals surface area contributed by atoms with Crippen LogP contribution in [0, 0.1) is 5.92 Å². The molecule has 1 heterocycles. The molecule has 1 rings (SSSR count). The van der Waals surface area contributed by atoms with Crippen molar-refractivity contribution in [2.24, 2.45) is 5.92 Å². The Morgan fingerprint density at radius 3 is 3.07 bits per heavy atom. The van der Waals surface area contributed by atoms with E-state index in [1.54, 1.807) is 0 Å². The normalized spacial score (nSPS) is 12.4. The van der Waals surface area contributed by atoms with Crippen molar-refractivity contribution in [2.45, 2.75) is 13.3 Å². The number of aliphatic hydroxyl groups is 1. The van der Waals surface area contributed by atoms with Crippen molar-refractivity contribution < 1.29 is 9.90 Å². The molecule has 0 aliphatic heterocycles. The van der Waals surface area contributed by atoms with Gasteiger partial charge >= 0.3 is 0 Å². The van der Waals surface area contributed by atoms with E-state index in [0.717, 1.165) is 0 Å². The molecule has 1 atom stereocenters. The Morgan fingerprint density at radius 1 is 1.80 bits per heavy atom.